The van der Waals surface area contributed by atoms with Gasteiger partial charge < -0.3 is 10.2 Å². The summed E-state index contributed by atoms with van der Waals surface area (Å²) < 4.78 is 0. The third-order valence-corrected chi connectivity index (χ3v) is 4.74. The molecule has 136 valence electrons. The van der Waals surface area contributed by atoms with Crippen molar-refractivity contribution in [2.75, 3.05) is 18.4 Å². The first-order valence-corrected chi connectivity index (χ1v) is 9.10. The van der Waals surface area contributed by atoms with Gasteiger partial charge >= 0.3 is 0 Å². The molecule has 3 heterocycles. The van der Waals surface area contributed by atoms with Crippen LogP contribution in [0.15, 0.2) is 67.0 Å². The number of nitrogens with zero attached hydrogens (tertiary/aromatic N) is 4. The van der Waals surface area contributed by atoms with Crippen molar-refractivity contribution >= 4 is 17.7 Å². The molecule has 1 N–H and O–H groups in total. The number of benzene rings is 1. The predicted molar refractivity (Wildman–Crippen MR) is 104 cm³/mol. The highest BCUT2D eigenvalue weighted by Crippen LogP contribution is 2.27. The van der Waals surface area contributed by atoms with Crippen LogP contribution in [0.4, 0.5) is 11.8 Å². The molecule has 1 aliphatic rings. The zero-order valence-electron chi connectivity index (χ0n) is 15.0. The van der Waals surface area contributed by atoms with E-state index in [9.17, 15) is 4.79 Å². The summed E-state index contributed by atoms with van der Waals surface area (Å²) >= 11 is 0. The van der Waals surface area contributed by atoms with Crippen molar-refractivity contribution in [3.8, 4) is 0 Å². The Labute approximate surface area is 158 Å². The van der Waals surface area contributed by atoms with Crippen LogP contribution in [-0.2, 0) is 11.2 Å². The Morgan fingerprint density at radius 2 is 1.89 bits per heavy atom. The van der Waals surface area contributed by atoms with Crippen LogP contribution in [0.2, 0.25) is 0 Å². The third kappa shape index (κ3) is 4.28. The van der Waals surface area contributed by atoms with Crippen LogP contribution in [0.5, 0.6) is 0 Å². The predicted octanol–water partition coefficient (Wildman–Crippen LogP) is 3.17. The summed E-state index contributed by atoms with van der Waals surface area (Å²) in [5.41, 5.74) is 2.01. The van der Waals surface area contributed by atoms with Crippen LogP contribution in [0.3, 0.4) is 0 Å². The van der Waals surface area contributed by atoms with Crippen molar-refractivity contribution in [2.45, 2.75) is 18.8 Å². The van der Waals surface area contributed by atoms with Crippen LogP contribution in [0, 0.1) is 0 Å². The fraction of sp³-hybridized carbons (Fsp3) is 0.238. The lowest BCUT2D eigenvalue weighted by Gasteiger charge is -2.16. The van der Waals surface area contributed by atoms with E-state index < -0.39 is 0 Å². The van der Waals surface area contributed by atoms with Gasteiger partial charge in [0.25, 0.3) is 0 Å². The molecule has 3 aromatic rings. The highest BCUT2D eigenvalue weighted by molar-refractivity contribution is 5.79. The molecular weight excluding hydrogens is 338 g/mol. The van der Waals surface area contributed by atoms with E-state index >= 15 is 0 Å². The Kier molecular flexibility index (Phi) is 5.05. The standard InChI is InChI=1S/C21H21N5O/c27-20(14-16-6-2-1-3-7-16)26-13-10-17(15-26)18-9-12-23-21(24-18)25-19-8-4-5-11-22-19/h1-9,11-12,17H,10,13-15H2,(H,22,23,24,25)/t17-/m1/s1. The van der Waals surface area contributed by atoms with Gasteiger partial charge in [0.2, 0.25) is 11.9 Å². The highest BCUT2D eigenvalue weighted by Gasteiger charge is 2.28. The average molecular weight is 359 g/mol. The topological polar surface area (TPSA) is 71.0 Å². The smallest absolute Gasteiger partial charge is 0.228 e. The molecule has 0 radical (unpaired) electrons. The number of pyridine rings is 1. The Morgan fingerprint density at radius 1 is 1.04 bits per heavy atom. The second-order valence-electron chi connectivity index (χ2n) is 6.63. The molecule has 27 heavy (non-hydrogen) atoms. The summed E-state index contributed by atoms with van der Waals surface area (Å²) in [4.78, 5) is 27.6. The molecule has 1 aliphatic heterocycles. The number of nitrogens with one attached hydrogen (secondary N) is 1. The van der Waals surface area contributed by atoms with Gasteiger partial charge in [0.15, 0.2) is 0 Å². The lowest BCUT2D eigenvalue weighted by Crippen LogP contribution is -2.29. The minimum absolute atomic E-state index is 0.171. The van der Waals surface area contributed by atoms with Gasteiger partial charge in [-0.05, 0) is 30.2 Å². The van der Waals surface area contributed by atoms with E-state index in [4.69, 9.17) is 0 Å². The molecule has 0 bridgehead atoms. The van der Waals surface area contributed by atoms with Crippen LogP contribution >= 0.6 is 0 Å². The third-order valence-electron chi connectivity index (χ3n) is 4.74. The van der Waals surface area contributed by atoms with Gasteiger partial charge in [0, 0.05) is 31.4 Å². The number of anilines is 2. The minimum atomic E-state index is 0.171. The molecule has 6 nitrogen and oxygen atoms in total. The number of hydrogen-bond donors (Lipinski definition) is 1. The van der Waals surface area contributed by atoms with Gasteiger partial charge in [-0.15, -0.1) is 0 Å². The minimum Gasteiger partial charge on any atom is -0.342 e. The summed E-state index contributed by atoms with van der Waals surface area (Å²) in [5, 5.41) is 3.12. The second-order valence-corrected chi connectivity index (χ2v) is 6.63. The van der Waals surface area contributed by atoms with Gasteiger partial charge in [-0.2, -0.15) is 0 Å². The maximum absolute atomic E-state index is 12.6. The molecule has 6 heteroatoms. The summed E-state index contributed by atoms with van der Waals surface area (Å²) in [7, 11) is 0. The monoisotopic (exact) mass is 359 g/mol. The SMILES string of the molecule is O=C(Cc1ccccc1)N1CC[C@@H](c2ccnc(Nc3ccccn3)n2)C1. The van der Waals surface area contributed by atoms with E-state index in [1.165, 1.54) is 0 Å². The highest BCUT2D eigenvalue weighted by atomic mass is 16.2. The molecule has 1 aromatic carbocycles. The number of carbonyl (C=O) groups is 1. The average Bonchev–Trinajstić information content (AvgIpc) is 3.20. The maximum atomic E-state index is 12.6. The van der Waals surface area contributed by atoms with Gasteiger partial charge in [0.1, 0.15) is 5.82 Å². The number of carbonyl (C=O) groups excluding carboxylic acids is 1. The van der Waals surface area contributed by atoms with Crippen LogP contribution in [0.1, 0.15) is 23.6 Å². The second kappa shape index (κ2) is 7.95. The zero-order chi connectivity index (χ0) is 18.5. The fourth-order valence-corrected chi connectivity index (χ4v) is 3.32. The molecular formula is C21H21N5O. The van der Waals surface area contributed by atoms with Gasteiger partial charge in [-0.1, -0.05) is 36.4 Å². The van der Waals surface area contributed by atoms with E-state index in [0.29, 0.717) is 24.7 Å². The normalized spacial score (nSPS) is 16.3. The Balaban J connectivity index is 1.40. The van der Waals surface area contributed by atoms with Gasteiger partial charge in [-0.3, -0.25) is 4.79 Å². The van der Waals surface area contributed by atoms with Crippen molar-refractivity contribution in [3.63, 3.8) is 0 Å². The Hall–Kier alpha value is -3.28. The molecule has 0 aliphatic carbocycles. The Morgan fingerprint density at radius 3 is 2.70 bits per heavy atom. The molecule has 2 aromatic heterocycles. The fourth-order valence-electron chi connectivity index (χ4n) is 3.32. The maximum Gasteiger partial charge on any atom is 0.228 e. The number of amides is 1. The summed E-state index contributed by atoms with van der Waals surface area (Å²) in [6, 6.07) is 17.4. The van der Waals surface area contributed by atoms with Crippen molar-refractivity contribution in [3.05, 3.63) is 78.2 Å². The first-order chi connectivity index (χ1) is 13.3. The summed E-state index contributed by atoms with van der Waals surface area (Å²) in [5.74, 6) is 1.64. The number of likely N-dealkylation sites (tertiary alicyclic amines) is 1. The summed E-state index contributed by atoms with van der Waals surface area (Å²) in [6.45, 7) is 1.47. The molecule has 0 unspecified atom stereocenters. The molecule has 0 spiro atoms. The van der Waals surface area contributed by atoms with Crippen LogP contribution in [0.25, 0.3) is 0 Å². The van der Waals surface area contributed by atoms with Crippen molar-refractivity contribution in [1.82, 2.24) is 19.9 Å². The number of rotatable bonds is 5. The molecule has 4 rings (SSSR count). The molecule has 1 saturated heterocycles. The Bertz CT molecular complexity index is 901. The largest absolute Gasteiger partial charge is 0.342 e. The van der Waals surface area contributed by atoms with E-state index in [2.05, 4.69) is 20.3 Å². The lowest BCUT2D eigenvalue weighted by molar-refractivity contribution is -0.129. The summed E-state index contributed by atoms with van der Waals surface area (Å²) in [6.07, 6.45) is 4.84. The molecule has 1 atom stereocenters. The van der Waals surface area contributed by atoms with Crippen molar-refractivity contribution in [1.29, 1.82) is 0 Å². The number of hydrogen-bond acceptors (Lipinski definition) is 5. The quantitative estimate of drug-likeness (QED) is 0.758. The van der Waals surface area contributed by atoms with Gasteiger partial charge in [-0.25, -0.2) is 15.0 Å². The van der Waals surface area contributed by atoms with E-state index in [0.717, 1.165) is 24.2 Å². The molecule has 1 amide bonds. The van der Waals surface area contributed by atoms with Crippen molar-refractivity contribution < 1.29 is 4.79 Å². The van der Waals surface area contributed by atoms with E-state index in [-0.39, 0.29) is 11.8 Å². The zero-order valence-corrected chi connectivity index (χ0v) is 15.0. The molecule has 0 saturated carbocycles. The molecule has 1 fully saturated rings. The van der Waals surface area contributed by atoms with E-state index in [1.807, 2.05) is 59.5 Å². The van der Waals surface area contributed by atoms with Crippen LogP contribution < -0.4 is 5.32 Å². The first kappa shape index (κ1) is 17.1. The van der Waals surface area contributed by atoms with Crippen LogP contribution in [-0.4, -0.2) is 38.8 Å². The lowest BCUT2D eigenvalue weighted by atomic mass is 10.1. The number of aromatic nitrogens is 3. The van der Waals surface area contributed by atoms with E-state index in [1.54, 1.807) is 12.4 Å². The van der Waals surface area contributed by atoms with Gasteiger partial charge in [0.05, 0.1) is 12.1 Å². The first-order valence-electron chi connectivity index (χ1n) is 9.10. The van der Waals surface area contributed by atoms with Crippen molar-refractivity contribution in [2.24, 2.45) is 0 Å².